The third-order valence-electron chi connectivity index (χ3n) is 2.03. The highest BCUT2D eigenvalue weighted by molar-refractivity contribution is 6.33. The molecule has 0 bridgehead atoms. The van der Waals surface area contributed by atoms with Crippen molar-refractivity contribution in [3.05, 3.63) is 28.8 Å². The Labute approximate surface area is 97.8 Å². The molecule has 0 aromatic heterocycles. The maximum atomic E-state index is 11.6. The summed E-state index contributed by atoms with van der Waals surface area (Å²) in [5, 5.41) is 20.4. The van der Waals surface area contributed by atoms with Crippen LogP contribution in [-0.2, 0) is 0 Å². The fourth-order valence-corrected chi connectivity index (χ4v) is 1.22. The van der Waals surface area contributed by atoms with Gasteiger partial charge in [0.25, 0.3) is 5.91 Å². The highest BCUT2D eigenvalue weighted by Gasteiger charge is 2.12. The van der Waals surface area contributed by atoms with Crippen LogP contribution in [-0.4, -0.2) is 35.4 Å². The number of nitrogen functional groups attached to an aromatic ring is 1. The smallest absolute Gasteiger partial charge is 0.251 e. The van der Waals surface area contributed by atoms with Gasteiger partial charge in [-0.05, 0) is 18.2 Å². The molecule has 0 atom stereocenters. The minimum absolute atomic E-state index is 0.305. The standard InChI is InChI=1S/C10H13ClN2O3/c11-8-2-1-6(3-9(8)12)10(16)13-7(4-14)5-15/h1-3,7,14-15H,4-5,12H2,(H,13,16). The molecule has 0 saturated heterocycles. The summed E-state index contributed by atoms with van der Waals surface area (Å²) in [5.74, 6) is -0.420. The Kier molecular flexibility index (Phi) is 4.54. The number of benzene rings is 1. The Morgan fingerprint density at radius 1 is 1.44 bits per heavy atom. The first-order valence-electron chi connectivity index (χ1n) is 4.66. The molecule has 0 aliphatic heterocycles. The molecule has 5 N–H and O–H groups in total. The lowest BCUT2D eigenvalue weighted by atomic mass is 10.2. The Hall–Kier alpha value is -1.30. The second-order valence-corrected chi connectivity index (χ2v) is 3.68. The van der Waals surface area contributed by atoms with Gasteiger partial charge in [0.2, 0.25) is 0 Å². The molecular formula is C10H13ClN2O3. The van der Waals surface area contributed by atoms with E-state index in [0.29, 0.717) is 16.3 Å². The van der Waals surface area contributed by atoms with Gasteiger partial charge in [-0.3, -0.25) is 4.79 Å². The number of halogens is 1. The highest BCUT2D eigenvalue weighted by Crippen LogP contribution is 2.19. The lowest BCUT2D eigenvalue weighted by molar-refractivity contribution is 0.0879. The largest absolute Gasteiger partial charge is 0.398 e. The van der Waals surface area contributed by atoms with E-state index in [4.69, 9.17) is 27.5 Å². The summed E-state index contributed by atoms with van der Waals surface area (Å²) in [4.78, 5) is 11.6. The maximum Gasteiger partial charge on any atom is 0.251 e. The Morgan fingerprint density at radius 3 is 2.56 bits per heavy atom. The summed E-state index contributed by atoms with van der Waals surface area (Å²) in [6.07, 6.45) is 0. The van der Waals surface area contributed by atoms with E-state index in [1.54, 1.807) is 0 Å². The van der Waals surface area contributed by atoms with E-state index >= 15 is 0 Å². The average molecular weight is 245 g/mol. The van der Waals surface area contributed by atoms with Crippen molar-refractivity contribution in [1.29, 1.82) is 0 Å². The number of hydrogen-bond acceptors (Lipinski definition) is 4. The van der Waals surface area contributed by atoms with Crippen molar-refractivity contribution >= 4 is 23.2 Å². The number of amides is 1. The Balaban J connectivity index is 2.76. The topological polar surface area (TPSA) is 95.6 Å². The molecule has 88 valence electrons. The molecular weight excluding hydrogens is 232 g/mol. The van der Waals surface area contributed by atoms with Gasteiger partial charge < -0.3 is 21.3 Å². The second-order valence-electron chi connectivity index (χ2n) is 3.27. The molecule has 0 saturated carbocycles. The molecule has 0 fully saturated rings. The maximum absolute atomic E-state index is 11.6. The lowest BCUT2D eigenvalue weighted by Crippen LogP contribution is -2.40. The summed E-state index contributed by atoms with van der Waals surface area (Å²) in [7, 11) is 0. The minimum Gasteiger partial charge on any atom is -0.398 e. The fraction of sp³-hybridized carbons (Fsp3) is 0.300. The second kappa shape index (κ2) is 5.69. The molecule has 16 heavy (non-hydrogen) atoms. The summed E-state index contributed by atoms with van der Waals surface area (Å²) in [5.41, 5.74) is 6.18. The van der Waals surface area contributed by atoms with Crippen LogP contribution >= 0.6 is 11.6 Å². The number of carbonyl (C=O) groups excluding carboxylic acids is 1. The van der Waals surface area contributed by atoms with Gasteiger partial charge in [-0.2, -0.15) is 0 Å². The Morgan fingerprint density at radius 2 is 2.06 bits per heavy atom. The molecule has 1 aromatic carbocycles. The van der Waals surface area contributed by atoms with E-state index in [0.717, 1.165) is 0 Å². The van der Waals surface area contributed by atoms with Gasteiger partial charge in [0.05, 0.1) is 30.0 Å². The van der Waals surface area contributed by atoms with E-state index < -0.39 is 11.9 Å². The van der Waals surface area contributed by atoms with E-state index in [2.05, 4.69) is 5.32 Å². The quantitative estimate of drug-likeness (QED) is 0.561. The van der Waals surface area contributed by atoms with Crippen LogP contribution in [0.2, 0.25) is 5.02 Å². The van der Waals surface area contributed by atoms with Crippen LogP contribution in [0.15, 0.2) is 18.2 Å². The molecule has 1 amide bonds. The zero-order chi connectivity index (χ0) is 12.1. The molecule has 0 unspecified atom stereocenters. The number of rotatable bonds is 4. The Bertz CT molecular complexity index is 380. The van der Waals surface area contributed by atoms with Crippen LogP contribution in [0.25, 0.3) is 0 Å². The number of aliphatic hydroxyl groups is 2. The van der Waals surface area contributed by atoms with Crippen LogP contribution < -0.4 is 11.1 Å². The number of hydrogen-bond donors (Lipinski definition) is 4. The molecule has 1 aromatic rings. The van der Waals surface area contributed by atoms with E-state index in [9.17, 15) is 4.79 Å². The molecule has 0 radical (unpaired) electrons. The van der Waals surface area contributed by atoms with Crippen LogP contribution in [0, 0.1) is 0 Å². The molecule has 0 heterocycles. The molecule has 0 aliphatic carbocycles. The summed E-state index contributed by atoms with van der Waals surface area (Å²) < 4.78 is 0. The fourth-order valence-electron chi connectivity index (χ4n) is 1.10. The van der Waals surface area contributed by atoms with Gasteiger partial charge in [0, 0.05) is 5.56 Å². The van der Waals surface area contributed by atoms with Crippen LogP contribution in [0.4, 0.5) is 5.69 Å². The molecule has 0 spiro atoms. The third kappa shape index (κ3) is 3.10. The normalized spacial score (nSPS) is 10.5. The van der Waals surface area contributed by atoms with Crippen LogP contribution in [0.1, 0.15) is 10.4 Å². The number of carbonyl (C=O) groups is 1. The van der Waals surface area contributed by atoms with Crippen LogP contribution in [0.5, 0.6) is 0 Å². The number of aliphatic hydroxyl groups excluding tert-OH is 2. The predicted octanol–water partition coefficient (Wildman–Crippen LogP) is 0.00520. The van der Waals surface area contributed by atoms with E-state index in [1.807, 2.05) is 0 Å². The summed E-state index contributed by atoms with van der Waals surface area (Å²) in [6, 6.07) is 3.78. The van der Waals surface area contributed by atoms with E-state index in [-0.39, 0.29) is 13.2 Å². The number of anilines is 1. The van der Waals surface area contributed by atoms with Gasteiger partial charge in [-0.25, -0.2) is 0 Å². The molecule has 0 aliphatic rings. The first-order chi connectivity index (χ1) is 7.58. The van der Waals surface area contributed by atoms with E-state index in [1.165, 1.54) is 18.2 Å². The first kappa shape index (κ1) is 12.8. The first-order valence-corrected chi connectivity index (χ1v) is 5.04. The van der Waals surface area contributed by atoms with Crippen molar-refractivity contribution < 1.29 is 15.0 Å². The van der Waals surface area contributed by atoms with Gasteiger partial charge >= 0.3 is 0 Å². The predicted molar refractivity (Wildman–Crippen MR) is 61.3 cm³/mol. The van der Waals surface area contributed by atoms with Crippen molar-refractivity contribution in [2.45, 2.75) is 6.04 Å². The zero-order valence-corrected chi connectivity index (χ0v) is 9.24. The highest BCUT2D eigenvalue weighted by atomic mass is 35.5. The lowest BCUT2D eigenvalue weighted by Gasteiger charge is -2.13. The molecule has 5 nitrogen and oxygen atoms in total. The van der Waals surface area contributed by atoms with Crippen molar-refractivity contribution in [3.8, 4) is 0 Å². The zero-order valence-electron chi connectivity index (χ0n) is 8.48. The van der Waals surface area contributed by atoms with Gasteiger partial charge in [0.1, 0.15) is 0 Å². The van der Waals surface area contributed by atoms with Gasteiger partial charge in [-0.15, -0.1) is 0 Å². The molecule has 6 heteroatoms. The monoisotopic (exact) mass is 244 g/mol. The average Bonchev–Trinajstić information content (AvgIpc) is 2.29. The number of nitrogens with two attached hydrogens (primary N) is 1. The summed E-state index contributed by atoms with van der Waals surface area (Å²) >= 11 is 5.71. The molecule has 1 rings (SSSR count). The van der Waals surface area contributed by atoms with Crippen molar-refractivity contribution in [2.75, 3.05) is 18.9 Å². The van der Waals surface area contributed by atoms with Crippen LogP contribution in [0.3, 0.4) is 0 Å². The van der Waals surface area contributed by atoms with Crippen molar-refractivity contribution in [3.63, 3.8) is 0 Å². The summed E-state index contributed by atoms with van der Waals surface area (Å²) in [6.45, 7) is -0.656. The van der Waals surface area contributed by atoms with Gasteiger partial charge in [-0.1, -0.05) is 11.6 Å². The minimum atomic E-state index is -0.676. The SMILES string of the molecule is Nc1cc(C(=O)NC(CO)CO)ccc1Cl. The van der Waals surface area contributed by atoms with Crippen molar-refractivity contribution in [2.24, 2.45) is 0 Å². The van der Waals surface area contributed by atoms with Crippen molar-refractivity contribution in [1.82, 2.24) is 5.32 Å². The van der Waals surface area contributed by atoms with Gasteiger partial charge in [0.15, 0.2) is 0 Å². The number of nitrogens with one attached hydrogen (secondary N) is 1. The third-order valence-corrected chi connectivity index (χ3v) is 2.38.